The van der Waals surface area contributed by atoms with Gasteiger partial charge in [0.25, 0.3) is 5.91 Å². The lowest BCUT2D eigenvalue weighted by Gasteiger charge is -2.40. The van der Waals surface area contributed by atoms with E-state index in [1.54, 1.807) is 29.7 Å². The van der Waals surface area contributed by atoms with Crippen LogP contribution in [0.1, 0.15) is 28.4 Å². The number of nitrogens with zero attached hydrogens (tertiary/aromatic N) is 3. The molecule has 2 aromatic rings. The lowest BCUT2D eigenvalue weighted by molar-refractivity contribution is -0.192. The number of rotatable bonds is 3. The molecule has 2 aliphatic rings. The first-order chi connectivity index (χ1) is 13.3. The van der Waals surface area contributed by atoms with Crippen LogP contribution in [0, 0.1) is 0 Å². The van der Waals surface area contributed by atoms with Gasteiger partial charge < -0.3 is 14.4 Å². The molecule has 0 spiro atoms. The number of alkyl halides is 3. The summed E-state index contributed by atoms with van der Waals surface area (Å²) in [5, 5.41) is 10.3. The van der Waals surface area contributed by atoms with E-state index in [1.807, 2.05) is 16.5 Å². The Kier molecular flexibility index (Phi) is 6.04. The zero-order valence-corrected chi connectivity index (χ0v) is 15.4. The molecule has 2 aliphatic heterocycles. The molecule has 2 bridgehead atoms. The summed E-state index contributed by atoms with van der Waals surface area (Å²) in [7, 11) is 0. The zero-order chi connectivity index (χ0) is 20.3. The fourth-order valence-electron chi connectivity index (χ4n) is 3.50. The first-order valence-electron chi connectivity index (χ1n) is 8.52. The maximum atomic E-state index is 12.5. The van der Waals surface area contributed by atoms with Crippen LogP contribution in [0.3, 0.4) is 0 Å². The molecular weight excluding hydrogens is 399 g/mol. The summed E-state index contributed by atoms with van der Waals surface area (Å²) in [6.07, 6.45) is 0.510. The van der Waals surface area contributed by atoms with Crippen molar-refractivity contribution in [3.05, 3.63) is 40.7 Å². The molecule has 11 heteroatoms. The van der Waals surface area contributed by atoms with Gasteiger partial charge in [-0.3, -0.25) is 9.69 Å². The molecule has 28 heavy (non-hydrogen) atoms. The molecule has 0 aromatic carbocycles. The summed E-state index contributed by atoms with van der Waals surface area (Å²) in [4.78, 5) is 30.3. The van der Waals surface area contributed by atoms with Gasteiger partial charge in [0.05, 0.1) is 12.8 Å². The van der Waals surface area contributed by atoms with Crippen molar-refractivity contribution < 1.29 is 32.3 Å². The zero-order valence-electron chi connectivity index (χ0n) is 14.6. The summed E-state index contributed by atoms with van der Waals surface area (Å²) in [6.45, 7) is 2.76. The van der Waals surface area contributed by atoms with Crippen molar-refractivity contribution in [3.8, 4) is 0 Å². The van der Waals surface area contributed by atoms with Gasteiger partial charge in [-0.2, -0.15) is 13.2 Å². The smallest absolute Gasteiger partial charge is 0.475 e. The highest BCUT2D eigenvalue weighted by atomic mass is 32.1. The van der Waals surface area contributed by atoms with Crippen LogP contribution < -0.4 is 0 Å². The number of aromatic nitrogens is 1. The highest BCUT2D eigenvalue weighted by Gasteiger charge is 2.43. The summed E-state index contributed by atoms with van der Waals surface area (Å²) >= 11 is 1.70. The van der Waals surface area contributed by atoms with Crippen LogP contribution in [0.25, 0.3) is 0 Å². The lowest BCUT2D eigenvalue weighted by Crippen LogP contribution is -2.55. The van der Waals surface area contributed by atoms with Crippen LogP contribution in [0.2, 0.25) is 0 Å². The molecule has 1 N–H and O–H groups in total. The monoisotopic (exact) mass is 417 g/mol. The summed E-state index contributed by atoms with van der Waals surface area (Å²) in [5.41, 5.74) is 0. The van der Waals surface area contributed by atoms with Crippen molar-refractivity contribution in [1.82, 2.24) is 14.8 Å². The number of furan rings is 1. The molecule has 0 aliphatic carbocycles. The Morgan fingerprint density at radius 2 is 1.93 bits per heavy atom. The number of hydrogen-bond acceptors (Lipinski definition) is 6. The first kappa shape index (κ1) is 20.3. The summed E-state index contributed by atoms with van der Waals surface area (Å²) < 4.78 is 37.0. The average molecular weight is 417 g/mol. The Bertz CT molecular complexity index is 781. The van der Waals surface area contributed by atoms with Gasteiger partial charge in [-0.15, -0.1) is 11.3 Å². The van der Waals surface area contributed by atoms with E-state index in [-0.39, 0.29) is 5.91 Å². The fourth-order valence-corrected chi connectivity index (χ4v) is 4.16. The van der Waals surface area contributed by atoms with Crippen molar-refractivity contribution in [2.75, 3.05) is 13.1 Å². The standard InChI is InChI=1S/C15H17N3O2S.C2HF3O2/c19-15(13-2-1-6-20-13)18-11-3-4-12(18)9-17(8-11)10-14-16-5-7-21-14;3-2(4,5)1(6)7/h1-2,5-7,11-12H,3-4,8-10H2;(H,6,7). The number of carbonyl (C=O) groups is 2. The molecule has 7 nitrogen and oxygen atoms in total. The second kappa shape index (κ2) is 8.31. The van der Waals surface area contributed by atoms with Crippen molar-refractivity contribution in [2.24, 2.45) is 0 Å². The van der Waals surface area contributed by atoms with Gasteiger partial charge in [-0.1, -0.05) is 0 Å². The van der Waals surface area contributed by atoms with E-state index in [0.29, 0.717) is 17.8 Å². The second-order valence-electron chi connectivity index (χ2n) is 6.50. The molecule has 2 unspecified atom stereocenters. The van der Waals surface area contributed by atoms with Crippen molar-refractivity contribution in [3.63, 3.8) is 0 Å². The summed E-state index contributed by atoms with van der Waals surface area (Å²) in [5.74, 6) is -2.26. The minimum atomic E-state index is -5.08. The van der Waals surface area contributed by atoms with Gasteiger partial charge in [-0.25, -0.2) is 9.78 Å². The fraction of sp³-hybridized carbons (Fsp3) is 0.471. The third-order valence-electron chi connectivity index (χ3n) is 4.61. The molecule has 4 heterocycles. The van der Waals surface area contributed by atoms with Crippen LogP contribution in [0.5, 0.6) is 0 Å². The topological polar surface area (TPSA) is 86.9 Å². The van der Waals surface area contributed by atoms with Crippen LogP contribution in [-0.2, 0) is 11.3 Å². The number of carboxylic acids is 1. The molecule has 2 fully saturated rings. The van der Waals surface area contributed by atoms with Gasteiger partial charge in [-0.05, 0) is 25.0 Å². The van der Waals surface area contributed by atoms with E-state index in [0.717, 1.165) is 37.5 Å². The van der Waals surface area contributed by atoms with Gasteiger partial charge in [0.15, 0.2) is 5.76 Å². The van der Waals surface area contributed by atoms with Crippen molar-refractivity contribution in [1.29, 1.82) is 0 Å². The number of carboxylic acid groups (broad SMARTS) is 1. The number of piperazine rings is 1. The highest BCUT2D eigenvalue weighted by molar-refractivity contribution is 7.09. The van der Waals surface area contributed by atoms with Gasteiger partial charge in [0.2, 0.25) is 0 Å². The third kappa shape index (κ3) is 4.71. The average Bonchev–Trinajstić information content (AvgIpc) is 3.36. The SMILES string of the molecule is O=C(O)C(F)(F)F.O=C(c1ccco1)N1C2CCC1CN(Cc1nccs1)C2. The molecule has 2 aromatic heterocycles. The summed E-state index contributed by atoms with van der Waals surface area (Å²) in [6, 6.07) is 4.14. The third-order valence-corrected chi connectivity index (χ3v) is 5.37. The molecule has 0 radical (unpaired) electrons. The molecule has 0 saturated carbocycles. The van der Waals surface area contributed by atoms with E-state index < -0.39 is 12.1 Å². The first-order valence-corrected chi connectivity index (χ1v) is 9.40. The molecule has 152 valence electrons. The number of halogens is 3. The molecule has 2 atom stereocenters. The maximum Gasteiger partial charge on any atom is 0.490 e. The Hall–Kier alpha value is -2.40. The van der Waals surface area contributed by atoms with E-state index in [4.69, 9.17) is 14.3 Å². The number of likely N-dealkylation sites (tertiary alicyclic amines) is 1. The van der Waals surface area contributed by atoms with Crippen LogP contribution in [0.4, 0.5) is 13.2 Å². The molecule has 1 amide bonds. The van der Waals surface area contributed by atoms with Gasteiger partial charge >= 0.3 is 12.1 Å². The maximum absolute atomic E-state index is 12.5. The highest BCUT2D eigenvalue weighted by Crippen LogP contribution is 2.32. The number of aliphatic carboxylic acids is 1. The predicted molar refractivity (Wildman–Crippen MR) is 92.8 cm³/mol. The number of amides is 1. The Morgan fingerprint density at radius 3 is 2.39 bits per heavy atom. The Labute approximate surface area is 162 Å². The van der Waals surface area contributed by atoms with E-state index in [9.17, 15) is 18.0 Å². The van der Waals surface area contributed by atoms with Crippen molar-refractivity contribution in [2.45, 2.75) is 37.6 Å². The number of thiazole rings is 1. The van der Waals surface area contributed by atoms with Gasteiger partial charge in [0.1, 0.15) is 5.01 Å². The minimum absolute atomic E-state index is 0.0430. The minimum Gasteiger partial charge on any atom is -0.475 e. The van der Waals surface area contributed by atoms with Crippen molar-refractivity contribution >= 4 is 23.2 Å². The van der Waals surface area contributed by atoms with Gasteiger partial charge in [0, 0.05) is 36.8 Å². The molecule has 2 saturated heterocycles. The van der Waals surface area contributed by atoms with E-state index in [2.05, 4.69) is 9.88 Å². The number of hydrogen-bond donors (Lipinski definition) is 1. The van der Waals surface area contributed by atoms with Crippen LogP contribution in [-0.4, -0.2) is 63.1 Å². The predicted octanol–water partition coefficient (Wildman–Crippen LogP) is 2.86. The number of carbonyl (C=O) groups excluding carboxylic acids is 1. The van der Waals surface area contributed by atoms with E-state index >= 15 is 0 Å². The molecular formula is C17H18F3N3O4S. The molecule has 4 rings (SSSR count). The van der Waals surface area contributed by atoms with Crippen LogP contribution in [0.15, 0.2) is 34.4 Å². The van der Waals surface area contributed by atoms with E-state index in [1.165, 1.54) is 0 Å². The normalized spacial score (nSPS) is 21.9. The Morgan fingerprint density at radius 1 is 1.29 bits per heavy atom. The lowest BCUT2D eigenvalue weighted by atomic mass is 10.1. The quantitative estimate of drug-likeness (QED) is 0.827. The largest absolute Gasteiger partial charge is 0.490 e. The number of fused-ring (bicyclic) bond motifs is 2. The second-order valence-corrected chi connectivity index (χ2v) is 7.48. The Balaban J connectivity index is 0.000000279. The van der Waals surface area contributed by atoms with Crippen LogP contribution >= 0.6 is 11.3 Å².